The second-order valence-electron chi connectivity index (χ2n) is 10.0. The summed E-state index contributed by atoms with van der Waals surface area (Å²) in [4.78, 5) is 32.8. The maximum atomic E-state index is 13.8. The summed E-state index contributed by atoms with van der Waals surface area (Å²) in [7, 11) is 0. The number of aromatic hydroxyl groups is 1. The molecular weight excluding hydrogens is 518 g/mol. The molecule has 0 aliphatic heterocycles. The van der Waals surface area contributed by atoms with E-state index in [0.717, 1.165) is 12.0 Å². The highest BCUT2D eigenvalue weighted by molar-refractivity contribution is 5.98. The minimum absolute atomic E-state index is 0.0692. The molecule has 0 saturated carbocycles. The monoisotopic (exact) mass is 559 g/mol. The number of guanidine groups is 1. The van der Waals surface area contributed by atoms with Gasteiger partial charge < -0.3 is 31.5 Å². The van der Waals surface area contributed by atoms with Crippen LogP contribution >= 0.6 is 0 Å². The number of carbonyl (C=O) groups is 2. The van der Waals surface area contributed by atoms with Gasteiger partial charge in [0.05, 0.1) is 5.69 Å². The first-order valence-corrected chi connectivity index (χ1v) is 14.0. The van der Waals surface area contributed by atoms with Gasteiger partial charge in [-0.15, -0.1) is 0 Å². The van der Waals surface area contributed by atoms with Gasteiger partial charge in [-0.05, 0) is 54.2 Å². The number of para-hydroxylation sites is 1. The fraction of sp³-hybridized carbons (Fsp3) is 0.344. The first-order chi connectivity index (χ1) is 19.7. The molecule has 2 amide bonds. The number of phenolic OH excluding ortho intramolecular Hbond substituents is 1. The summed E-state index contributed by atoms with van der Waals surface area (Å²) < 4.78 is 5.86. The second-order valence-corrected chi connectivity index (χ2v) is 10.0. The van der Waals surface area contributed by atoms with Crippen molar-refractivity contribution in [2.24, 2.45) is 22.4 Å². The quantitative estimate of drug-likeness (QED) is 0.169. The molecule has 6 N–H and O–H groups in total. The Kier molecular flexibility index (Phi) is 11.6. The third kappa shape index (κ3) is 8.99. The van der Waals surface area contributed by atoms with Crippen LogP contribution in [0.15, 0.2) is 77.8 Å². The van der Waals surface area contributed by atoms with Gasteiger partial charge in [0, 0.05) is 18.7 Å². The number of hydrogen-bond donors (Lipinski definition) is 4. The van der Waals surface area contributed by atoms with E-state index in [1.54, 1.807) is 35.2 Å². The number of aliphatic imine (C=N–C) groups is 1. The van der Waals surface area contributed by atoms with Gasteiger partial charge in [0.1, 0.15) is 12.6 Å². The van der Waals surface area contributed by atoms with Crippen molar-refractivity contribution in [3.63, 3.8) is 0 Å². The van der Waals surface area contributed by atoms with E-state index >= 15 is 0 Å². The molecule has 3 aromatic rings. The number of rotatable bonds is 14. The van der Waals surface area contributed by atoms with Crippen LogP contribution in [0.25, 0.3) is 0 Å². The molecule has 0 bridgehead atoms. The van der Waals surface area contributed by atoms with Crippen molar-refractivity contribution >= 4 is 23.5 Å². The fourth-order valence-electron chi connectivity index (χ4n) is 4.45. The van der Waals surface area contributed by atoms with Crippen molar-refractivity contribution < 1.29 is 19.4 Å². The number of benzene rings is 3. The smallest absolute Gasteiger partial charge is 0.252 e. The molecule has 218 valence electrons. The molecule has 0 aromatic heterocycles. The molecule has 9 nitrogen and oxygen atoms in total. The highest BCUT2D eigenvalue weighted by Gasteiger charge is 2.30. The number of phenols is 1. The number of nitrogens with zero attached hydrogens (tertiary/aromatic N) is 2. The zero-order chi connectivity index (χ0) is 29.8. The number of nitrogens with two attached hydrogens (primary N) is 2. The maximum Gasteiger partial charge on any atom is 0.252 e. The van der Waals surface area contributed by atoms with Gasteiger partial charge in [0.15, 0.2) is 17.5 Å². The standard InChI is InChI=1S/C32H41N5O4/c1-4-18-37(19-17-24-13-10-16-27(29(24)38)41-21-23-11-7-6-8-12-23)31(40)28(22(3)5-2)36-30(39)25-14-9-15-26(20-25)35-32(33)34/h6-16,20,22,28,38H,4-5,17-19,21H2,1-3H3,(H,36,39)(H4,33,34,35)/t22?,28-/m0/s1. The first kappa shape index (κ1) is 31.0. The van der Waals surface area contributed by atoms with Crippen LogP contribution in [0.4, 0.5) is 5.69 Å². The topological polar surface area (TPSA) is 143 Å². The van der Waals surface area contributed by atoms with E-state index in [2.05, 4.69) is 10.3 Å². The Hall–Kier alpha value is -4.53. The van der Waals surface area contributed by atoms with E-state index in [9.17, 15) is 14.7 Å². The summed E-state index contributed by atoms with van der Waals surface area (Å²) in [6, 6.07) is 21.0. The molecule has 3 rings (SSSR count). The lowest BCUT2D eigenvalue weighted by Crippen LogP contribution is -2.52. The van der Waals surface area contributed by atoms with Crippen molar-refractivity contribution in [2.45, 2.75) is 52.7 Å². The number of amides is 2. The highest BCUT2D eigenvalue weighted by atomic mass is 16.5. The lowest BCUT2D eigenvalue weighted by atomic mass is 9.96. The first-order valence-electron chi connectivity index (χ1n) is 14.0. The van der Waals surface area contributed by atoms with Crippen molar-refractivity contribution in [1.29, 1.82) is 0 Å². The molecule has 0 aliphatic carbocycles. The highest BCUT2D eigenvalue weighted by Crippen LogP contribution is 2.31. The predicted octanol–water partition coefficient (Wildman–Crippen LogP) is 4.50. The van der Waals surface area contributed by atoms with E-state index in [1.165, 1.54) is 0 Å². The molecule has 41 heavy (non-hydrogen) atoms. The molecular formula is C32H41N5O4. The summed E-state index contributed by atoms with van der Waals surface area (Å²) in [6.07, 6.45) is 1.88. The van der Waals surface area contributed by atoms with Gasteiger partial charge in [-0.1, -0.05) is 75.7 Å². The van der Waals surface area contributed by atoms with E-state index in [1.807, 2.05) is 63.2 Å². The van der Waals surface area contributed by atoms with Gasteiger partial charge >= 0.3 is 0 Å². The van der Waals surface area contributed by atoms with Gasteiger partial charge in [-0.2, -0.15) is 0 Å². The van der Waals surface area contributed by atoms with Crippen LogP contribution in [-0.4, -0.2) is 46.9 Å². The van der Waals surface area contributed by atoms with Gasteiger partial charge in [0.2, 0.25) is 5.91 Å². The summed E-state index contributed by atoms with van der Waals surface area (Å²) in [6.45, 7) is 7.17. The Bertz CT molecular complexity index is 1320. The molecule has 0 radical (unpaired) electrons. The zero-order valence-electron chi connectivity index (χ0n) is 24.0. The van der Waals surface area contributed by atoms with Gasteiger partial charge in [-0.3, -0.25) is 9.59 Å². The minimum atomic E-state index is -0.722. The average molecular weight is 560 g/mol. The van der Waals surface area contributed by atoms with E-state index in [4.69, 9.17) is 16.2 Å². The maximum absolute atomic E-state index is 13.8. The molecule has 0 saturated heterocycles. The third-order valence-electron chi connectivity index (χ3n) is 6.91. The van der Waals surface area contributed by atoms with Crippen molar-refractivity contribution in [1.82, 2.24) is 10.2 Å². The Morgan fingerprint density at radius 1 is 1.00 bits per heavy atom. The van der Waals surface area contributed by atoms with Crippen LogP contribution in [0.5, 0.6) is 11.5 Å². The summed E-state index contributed by atoms with van der Waals surface area (Å²) >= 11 is 0. The van der Waals surface area contributed by atoms with E-state index < -0.39 is 6.04 Å². The predicted molar refractivity (Wildman–Crippen MR) is 162 cm³/mol. The summed E-state index contributed by atoms with van der Waals surface area (Å²) in [5.41, 5.74) is 13.4. The van der Waals surface area contributed by atoms with Gasteiger partial charge in [-0.25, -0.2) is 4.99 Å². The molecule has 0 aliphatic rings. The molecule has 0 fully saturated rings. The second kappa shape index (κ2) is 15.3. The Morgan fingerprint density at radius 3 is 2.41 bits per heavy atom. The van der Waals surface area contributed by atoms with Gasteiger partial charge in [0.25, 0.3) is 5.91 Å². The SMILES string of the molecule is CCCN(CCc1cccc(OCc2ccccc2)c1O)C(=O)[C@@H](NC(=O)c1cccc(N=C(N)N)c1)C(C)CC. The lowest BCUT2D eigenvalue weighted by molar-refractivity contribution is -0.134. The fourth-order valence-corrected chi connectivity index (χ4v) is 4.45. The lowest BCUT2D eigenvalue weighted by Gasteiger charge is -2.31. The zero-order valence-corrected chi connectivity index (χ0v) is 24.0. The Balaban J connectivity index is 1.73. The molecule has 2 atom stereocenters. The molecule has 9 heteroatoms. The molecule has 3 aromatic carbocycles. The van der Waals surface area contributed by atoms with Crippen LogP contribution in [0.2, 0.25) is 0 Å². The number of ether oxygens (including phenoxy) is 1. The largest absolute Gasteiger partial charge is 0.504 e. The number of carbonyl (C=O) groups excluding carboxylic acids is 2. The van der Waals surface area contributed by atoms with Crippen LogP contribution < -0.4 is 21.5 Å². The summed E-state index contributed by atoms with van der Waals surface area (Å²) in [5.74, 6) is -0.286. The van der Waals surface area contributed by atoms with E-state index in [0.29, 0.717) is 55.1 Å². The molecule has 0 spiro atoms. The van der Waals surface area contributed by atoms with Crippen molar-refractivity contribution in [3.8, 4) is 11.5 Å². The summed E-state index contributed by atoms with van der Waals surface area (Å²) in [5, 5.41) is 13.8. The molecule has 0 heterocycles. The van der Waals surface area contributed by atoms with Crippen molar-refractivity contribution in [2.75, 3.05) is 13.1 Å². The average Bonchev–Trinajstić information content (AvgIpc) is 2.97. The molecule has 1 unspecified atom stereocenters. The number of hydrogen-bond acceptors (Lipinski definition) is 5. The Labute approximate surface area is 242 Å². The van der Waals surface area contributed by atoms with Crippen molar-refractivity contribution in [3.05, 3.63) is 89.5 Å². The van der Waals surface area contributed by atoms with Crippen LogP contribution in [0, 0.1) is 5.92 Å². The van der Waals surface area contributed by atoms with Crippen LogP contribution in [-0.2, 0) is 17.8 Å². The van der Waals surface area contributed by atoms with Crippen LogP contribution in [0.3, 0.4) is 0 Å². The third-order valence-corrected chi connectivity index (χ3v) is 6.91. The normalized spacial score (nSPS) is 12.2. The van der Waals surface area contributed by atoms with E-state index in [-0.39, 0.29) is 29.4 Å². The van der Waals surface area contributed by atoms with Crippen LogP contribution in [0.1, 0.15) is 55.1 Å². The minimum Gasteiger partial charge on any atom is -0.504 e. The Morgan fingerprint density at radius 2 is 1.73 bits per heavy atom. The number of nitrogens with one attached hydrogen (secondary N) is 1.